The Morgan fingerprint density at radius 3 is 2.25 bits per heavy atom. The maximum absolute atomic E-state index is 13.2. The smallest absolute Gasteiger partial charge is 0.295 e. The second kappa shape index (κ2) is 10.7. The first-order chi connectivity index (χ1) is 17.4. The van der Waals surface area contributed by atoms with Crippen LogP contribution in [-0.2, 0) is 16.0 Å². The molecule has 0 radical (unpaired) electrons. The Morgan fingerprint density at radius 1 is 0.889 bits per heavy atom. The molecule has 0 bridgehead atoms. The van der Waals surface area contributed by atoms with Crippen molar-refractivity contribution in [3.63, 3.8) is 0 Å². The van der Waals surface area contributed by atoms with Gasteiger partial charge in [-0.2, -0.15) is 0 Å². The number of ketones is 1. The third-order valence-corrected chi connectivity index (χ3v) is 6.48. The van der Waals surface area contributed by atoms with Gasteiger partial charge in [0.25, 0.3) is 11.7 Å². The van der Waals surface area contributed by atoms with E-state index in [4.69, 9.17) is 25.8 Å². The summed E-state index contributed by atoms with van der Waals surface area (Å²) in [5, 5.41) is 11.6. The van der Waals surface area contributed by atoms with Crippen LogP contribution in [0.5, 0.6) is 17.2 Å². The Labute approximate surface area is 214 Å². The summed E-state index contributed by atoms with van der Waals surface area (Å²) in [5.41, 5.74) is 1.97. The van der Waals surface area contributed by atoms with Crippen LogP contribution in [0.3, 0.4) is 0 Å². The third kappa shape index (κ3) is 4.75. The number of Topliss-reactive ketones (excluding diaryl/α,β-unsaturated/α-hetero) is 1. The number of carbonyl (C=O) groups excluding carboxylic acids is 2. The number of halogens is 1. The van der Waals surface area contributed by atoms with E-state index in [1.807, 2.05) is 42.5 Å². The zero-order valence-corrected chi connectivity index (χ0v) is 20.9. The van der Waals surface area contributed by atoms with E-state index in [1.165, 1.54) is 18.1 Å². The Kier molecular flexibility index (Phi) is 7.50. The monoisotopic (exact) mass is 507 g/mol. The number of benzene rings is 3. The van der Waals surface area contributed by atoms with Gasteiger partial charge in [0.2, 0.25) is 0 Å². The Hall–Kier alpha value is -3.97. The van der Waals surface area contributed by atoms with Crippen molar-refractivity contribution in [1.29, 1.82) is 0 Å². The Bertz CT molecular complexity index is 1320. The lowest BCUT2D eigenvalue weighted by molar-refractivity contribution is -0.139. The van der Waals surface area contributed by atoms with E-state index >= 15 is 0 Å². The fraction of sp³-hybridized carbons (Fsp3) is 0.214. The molecule has 8 heteroatoms. The molecule has 1 saturated heterocycles. The Balaban J connectivity index is 1.74. The summed E-state index contributed by atoms with van der Waals surface area (Å²) in [6.45, 7) is 0.250. The number of hydrogen-bond acceptors (Lipinski definition) is 6. The van der Waals surface area contributed by atoms with E-state index in [1.54, 1.807) is 32.4 Å². The van der Waals surface area contributed by atoms with Crippen LogP contribution in [0.4, 0.5) is 0 Å². The number of nitrogens with zero attached hydrogens (tertiary/aromatic N) is 1. The number of amides is 1. The van der Waals surface area contributed by atoms with Gasteiger partial charge in [-0.25, -0.2) is 0 Å². The fourth-order valence-electron chi connectivity index (χ4n) is 4.34. The quantitative estimate of drug-likeness (QED) is 0.261. The lowest BCUT2D eigenvalue weighted by Gasteiger charge is -2.25. The summed E-state index contributed by atoms with van der Waals surface area (Å²) in [7, 11) is 4.58. The fourth-order valence-corrected chi connectivity index (χ4v) is 4.54. The molecule has 3 aromatic rings. The number of hydrogen-bond donors (Lipinski definition) is 1. The molecule has 0 aliphatic carbocycles. The van der Waals surface area contributed by atoms with Gasteiger partial charge in [0, 0.05) is 12.1 Å². The number of rotatable bonds is 8. The molecule has 1 aliphatic rings. The molecule has 1 aliphatic heterocycles. The maximum atomic E-state index is 13.2. The average molecular weight is 508 g/mol. The van der Waals surface area contributed by atoms with Crippen LogP contribution in [-0.4, -0.2) is 49.6 Å². The van der Waals surface area contributed by atoms with E-state index in [-0.39, 0.29) is 17.9 Å². The highest BCUT2D eigenvalue weighted by Crippen LogP contribution is 2.40. The molecule has 1 N–H and O–H groups in total. The van der Waals surface area contributed by atoms with Gasteiger partial charge in [-0.15, -0.1) is 0 Å². The van der Waals surface area contributed by atoms with Crippen LogP contribution >= 0.6 is 11.6 Å². The standard InChI is InChI=1S/C28H26ClNO6/c1-34-21-12-9-17(15-23(21)36-3)13-14-30-25(18-7-5-4-6-8-18)24(27(32)28(30)33)26(31)19-10-11-20(29)22(16-19)35-2/h4-12,15-16,25,31H,13-14H2,1-3H3/b26-24-. The number of likely N-dealkylation sites (tertiary alicyclic amines) is 1. The number of aliphatic hydroxyl groups excluding tert-OH is 1. The molecule has 1 unspecified atom stereocenters. The second-order valence-corrected chi connectivity index (χ2v) is 8.60. The molecule has 1 fully saturated rings. The van der Waals surface area contributed by atoms with E-state index in [0.717, 1.165) is 5.56 Å². The molecule has 1 atom stereocenters. The summed E-state index contributed by atoms with van der Waals surface area (Å²) in [6, 6.07) is 18.6. The molecule has 186 valence electrons. The summed E-state index contributed by atoms with van der Waals surface area (Å²) in [5.74, 6) is -0.183. The van der Waals surface area contributed by atoms with Crippen LogP contribution in [0.1, 0.15) is 22.7 Å². The summed E-state index contributed by atoms with van der Waals surface area (Å²) in [6.07, 6.45) is 0.464. The molecular weight excluding hydrogens is 482 g/mol. The lowest BCUT2D eigenvalue weighted by Crippen LogP contribution is -2.31. The molecule has 4 rings (SSSR count). The van der Waals surface area contributed by atoms with Gasteiger partial charge in [0.05, 0.1) is 38.0 Å². The summed E-state index contributed by atoms with van der Waals surface area (Å²) >= 11 is 6.13. The molecular formula is C28H26ClNO6. The van der Waals surface area contributed by atoms with E-state index in [0.29, 0.717) is 39.8 Å². The van der Waals surface area contributed by atoms with Gasteiger partial charge in [0.15, 0.2) is 11.5 Å². The highest BCUT2D eigenvalue weighted by Gasteiger charge is 2.45. The van der Waals surface area contributed by atoms with Gasteiger partial charge < -0.3 is 24.2 Å². The minimum atomic E-state index is -0.756. The SMILES string of the molecule is COc1cc(/C(O)=C2/C(=O)C(=O)N(CCc3ccc(OC)c(OC)c3)C2c2ccccc2)ccc1Cl. The number of carbonyl (C=O) groups is 2. The average Bonchev–Trinajstić information content (AvgIpc) is 3.17. The van der Waals surface area contributed by atoms with Gasteiger partial charge in [-0.1, -0.05) is 48.0 Å². The highest BCUT2D eigenvalue weighted by molar-refractivity contribution is 6.46. The van der Waals surface area contributed by atoms with Crippen molar-refractivity contribution in [3.8, 4) is 17.2 Å². The van der Waals surface area contributed by atoms with Gasteiger partial charge in [-0.3, -0.25) is 9.59 Å². The van der Waals surface area contributed by atoms with Crippen molar-refractivity contribution < 1.29 is 28.9 Å². The lowest BCUT2D eigenvalue weighted by atomic mass is 9.95. The molecule has 1 amide bonds. The Morgan fingerprint density at radius 2 is 1.58 bits per heavy atom. The van der Waals surface area contributed by atoms with Crippen LogP contribution in [0.2, 0.25) is 5.02 Å². The summed E-state index contributed by atoms with van der Waals surface area (Å²) in [4.78, 5) is 27.9. The van der Waals surface area contributed by atoms with E-state index < -0.39 is 17.7 Å². The first kappa shape index (κ1) is 25.1. The molecule has 0 spiro atoms. The predicted molar refractivity (Wildman–Crippen MR) is 137 cm³/mol. The van der Waals surface area contributed by atoms with Crippen LogP contribution < -0.4 is 14.2 Å². The minimum Gasteiger partial charge on any atom is -0.507 e. The number of methoxy groups -OCH3 is 3. The summed E-state index contributed by atoms with van der Waals surface area (Å²) < 4.78 is 15.9. The zero-order valence-electron chi connectivity index (χ0n) is 20.2. The van der Waals surface area contributed by atoms with Crippen LogP contribution in [0.25, 0.3) is 5.76 Å². The zero-order chi connectivity index (χ0) is 25.8. The molecule has 1 heterocycles. The normalized spacial score (nSPS) is 16.8. The van der Waals surface area contributed by atoms with E-state index in [2.05, 4.69) is 0 Å². The van der Waals surface area contributed by atoms with Crippen LogP contribution in [0, 0.1) is 0 Å². The molecule has 36 heavy (non-hydrogen) atoms. The molecule has 7 nitrogen and oxygen atoms in total. The predicted octanol–water partition coefficient (Wildman–Crippen LogP) is 5.03. The largest absolute Gasteiger partial charge is 0.507 e. The van der Waals surface area contributed by atoms with Crippen molar-refractivity contribution in [2.75, 3.05) is 27.9 Å². The van der Waals surface area contributed by atoms with Gasteiger partial charge >= 0.3 is 0 Å². The maximum Gasteiger partial charge on any atom is 0.295 e. The minimum absolute atomic E-state index is 0.0166. The first-order valence-corrected chi connectivity index (χ1v) is 11.7. The topological polar surface area (TPSA) is 85.3 Å². The van der Waals surface area contributed by atoms with Crippen molar-refractivity contribution in [2.24, 2.45) is 0 Å². The molecule has 0 aromatic heterocycles. The molecule has 0 saturated carbocycles. The van der Waals surface area contributed by atoms with Crippen LogP contribution in [0.15, 0.2) is 72.3 Å². The number of ether oxygens (including phenoxy) is 3. The van der Waals surface area contributed by atoms with E-state index in [9.17, 15) is 14.7 Å². The first-order valence-electron chi connectivity index (χ1n) is 11.3. The number of aliphatic hydroxyl groups is 1. The highest BCUT2D eigenvalue weighted by atomic mass is 35.5. The van der Waals surface area contributed by atoms with Gasteiger partial charge in [-0.05, 0) is 47.9 Å². The van der Waals surface area contributed by atoms with Crippen molar-refractivity contribution in [1.82, 2.24) is 4.90 Å². The molecule has 3 aromatic carbocycles. The van der Waals surface area contributed by atoms with Gasteiger partial charge in [0.1, 0.15) is 11.5 Å². The van der Waals surface area contributed by atoms with Crippen molar-refractivity contribution in [3.05, 3.63) is 94.0 Å². The van der Waals surface area contributed by atoms with Crippen molar-refractivity contribution in [2.45, 2.75) is 12.5 Å². The second-order valence-electron chi connectivity index (χ2n) is 8.19. The third-order valence-electron chi connectivity index (χ3n) is 6.17. The van der Waals surface area contributed by atoms with Crippen molar-refractivity contribution >= 4 is 29.1 Å².